The van der Waals surface area contributed by atoms with Gasteiger partial charge in [-0.1, -0.05) is 23.2 Å². The van der Waals surface area contributed by atoms with Crippen molar-refractivity contribution in [1.82, 2.24) is 0 Å². The Morgan fingerprint density at radius 1 is 0.939 bits per heavy atom. The average molecular weight is 490 g/mol. The fourth-order valence-corrected chi connectivity index (χ4v) is 3.22. The van der Waals surface area contributed by atoms with Crippen molar-refractivity contribution in [2.45, 2.75) is 6.92 Å². The fourth-order valence-electron chi connectivity index (χ4n) is 2.82. The molecule has 0 unspecified atom stereocenters. The molecule has 0 heterocycles. The highest BCUT2D eigenvalue weighted by Crippen LogP contribution is 2.38. The highest BCUT2D eigenvalue weighted by atomic mass is 35.5. The van der Waals surface area contributed by atoms with Gasteiger partial charge >= 0.3 is 5.69 Å². The molecule has 2 amide bonds. The van der Waals surface area contributed by atoms with Crippen LogP contribution in [0.4, 0.5) is 17.1 Å². The molecule has 0 saturated carbocycles. The van der Waals surface area contributed by atoms with E-state index in [2.05, 4.69) is 10.6 Å². The zero-order valence-corrected chi connectivity index (χ0v) is 18.9. The first kappa shape index (κ1) is 23.8. The number of rotatable bonds is 7. The maximum absolute atomic E-state index is 12.7. The standard InChI is InChI=1S/C22H17Cl2N3O6/c1-12(28)25-15-5-6-17(16(24)11-15)26-22(29)13-3-7-20(21(9-13)32-2)33-19-8-4-14(23)10-18(19)27(30)31/h3-11H,1-2H3,(H,25,28)(H,26,29). The van der Waals surface area contributed by atoms with Crippen LogP contribution >= 0.6 is 23.2 Å². The highest BCUT2D eigenvalue weighted by Gasteiger charge is 2.19. The Morgan fingerprint density at radius 3 is 2.30 bits per heavy atom. The number of amides is 2. The number of benzene rings is 3. The first-order chi connectivity index (χ1) is 15.7. The number of halogens is 2. The minimum atomic E-state index is -0.615. The van der Waals surface area contributed by atoms with Gasteiger partial charge in [0.2, 0.25) is 11.7 Å². The molecule has 0 aliphatic heterocycles. The van der Waals surface area contributed by atoms with Crippen molar-refractivity contribution in [2.75, 3.05) is 17.7 Å². The lowest BCUT2D eigenvalue weighted by Crippen LogP contribution is -2.13. The number of methoxy groups -OCH3 is 1. The van der Waals surface area contributed by atoms with Gasteiger partial charge in [-0.25, -0.2) is 0 Å². The summed E-state index contributed by atoms with van der Waals surface area (Å²) in [6.07, 6.45) is 0. The Labute approximate surface area is 198 Å². The third-order valence-electron chi connectivity index (χ3n) is 4.30. The molecule has 9 nitrogen and oxygen atoms in total. The number of nitro benzene ring substituents is 1. The van der Waals surface area contributed by atoms with E-state index in [0.717, 1.165) is 0 Å². The molecule has 0 bridgehead atoms. The minimum Gasteiger partial charge on any atom is -0.493 e. The van der Waals surface area contributed by atoms with Crippen molar-refractivity contribution in [1.29, 1.82) is 0 Å². The number of nitrogens with zero attached hydrogens (tertiary/aromatic N) is 1. The summed E-state index contributed by atoms with van der Waals surface area (Å²) in [4.78, 5) is 34.5. The summed E-state index contributed by atoms with van der Waals surface area (Å²) < 4.78 is 10.9. The van der Waals surface area contributed by atoms with Gasteiger partial charge in [0.05, 0.1) is 22.7 Å². The van der Waals surface area contributed by atoms with Gasteiger partial charge in [0, 0.05) is 29.3 Å². The first-order valence-corrected chi connectivity index (χ1v) is 10.1. The Balaban J connectivity index is 1.82. The number of nitro groups is 1. The van der Waals surface area contributed by atoms with Gasteiger partial charge in [0.15, 0.2) is 11.5 Å². The molecule has 0 radical (unpaired) electrons. The predicted octanol–water partition coefficient (Wildman–Crippen LogP) is 5.91. The second kappa shape index (κ2) is 10.2. The van der Waals surface area contributed by atoms with E-state index < -0.39 is 10.8 Å². The van der Waals surface area contributed by atoms with E-state index in [9.17, 15) is 19.7 Å². The lowest BCUT2D eigenvalue weighted by atomic mass is 10.1. The number of nitrogens with one attached hydrogen (secondary N) is 2. The summed E-state index contributed by atoms with van der Waals surface area (Å²) in [5.74, 6) is -0.421. The lowest BCUT2D eigenvalue weighted by Gasteiger charge is -2.13. The van der Waals surface area contributed by atoms with Gasteiger partial charge in [0.1, 0.15) is 0 Å². The van der Waals surface area contributed by atoms with Crippen LogP contribution in [0.25, 0.3) is 0 Å². The van der Waals surface area contributed by atoms with E-state index in [1.54, 1.807) is 12.1 Å². The molecule has 0 atom stereocenters. The fraction of sp³-hybridized carbons (Fsp3) is 0.0909. The maximum Gasteiger partial charge on any atom is 0.313 e. The third-order valence-corrected chi connectivity index (χ3v) is 4.85. The van der Waals surface area contributed by atoms with Gasteiger partial charge in [-0.05, 0) is 48.5 Å². The minimum absolute atomic E-state index is 0.0362. The predicted molar refractivity (Wildman–Crippen MR) is 125 cm³/mol. The molecular weight excluding hydrogens is 473 g/mol. The zero-order valence-electron chi connectivity index (χ0n) is 17.3. The molecule has 0 saturated heterocycles. The zero-order chi connectivity index (χ0) is 24.1. The summed E-state index contributed by atoms with van der Waals surface area (Å²) in [6.45, 7) is 1.37. The number of anilines is 2. The van der Waals surface area contributed by atoms with E-state index in [1.165, 1.54) is 56.5 Å². The van der Waals surface area contributed by atoms with Crippen molar-refractivity contribution < 1.29 is 24.0 Å². The van der Waals surface area contributed by atoms with Crippen LogP contribution in [0, 0.1) is 10.1 Å². The number of carbonyl (C=O) groups excluding carboxylic acids is 2. The van der Waals surface area contributed by atoms with Crippen LogP contribution in [-0.4, -0.2) is 23.8 Å². The summed E-state index contributed by atoms with van der Waals surface area (Å²) >= 11 is 12.0. The molecule has 33 heavy (non-hydrogen) atoms. The molecule has 11 heteroatoms. The van der Waals surface area contributed by atoms with E-state index in [-0.39, 0.29) is 44.5 Å². The van der Waals surface area contributed by atoms with Gasteiger partial charge in [-0.2, -0.15) is 0 Å². The third kappa shape index (κ3) is 5.91. The lowest BCUT2D eigenvalue weighted by molar-refractivity contribution is -0.385. The Kier molecular flexibility index (Phi) is 7.37. The molecule has 3 rings (SSSR count). The normalized spacial score (nSPS) is 10.3. The van der Waals surface area contributed by atoms with Crippen LogP contribution in [0.15, 0.2) is 54.6 Å². The quantitative estimate of drug-likeness (QED) is 0.314. The summed E-state index contributed by atoms with van der Waals surface area (Å²) in [5.41, 5.74) is 0.743. The van der Waals surface area contributed by atoms with Crippen molar-refractivity contribution in [2.24, 2.45) is 0 Å². The van der Waals surface area contributed by atoms with E-state index in [0.29, 0.717) is 11.4 Å². The second-order valence-corrected chi connectivity index (χ2v) is 7.51. The van der Waals surface area contributed by atoms with E-state index in [4.69, 9.17) is 32.7 Å². The van der Waals surface area contributed by atoms with Crippen LogP contribution in [0.1, 0.15) is 17.3 Å². The van der Waals surface area contributed by atoms with Crippen molar-refractivity contribution in [3.8, 4) is 17.2 Å². The monoisotopic (exact) mass is 489 g/mol. The average Bonchev–Trinajstić information content (AvgIpc) is 2.76. The topological polar surface area (TPSA) is 120 Å². The second-order valence-electron chi connectivity index (χ2n) is 6.67. The number of hydrogen-bond donors (Lipinski definition) is 2. The van der Waals surface area contributed by atoms with Crippen LogP contribution < -0.4 is 20.1 Å². The number of hydrogen-bond acceptors (Lipinski definition) is 6. The Hall–Kier alpha value is -3.82. The molecule has 3 aromatic carbocycles. The largest absolute Gasteiger partial charge is 0.493 e. The van der Waals surface area contributed by atoms with E-state index >= 15 is 0 Å². The Morgan fingerprint density at radius 2 is 1.67 bits per heavy atom. The number of carbonyl (C=O) groups is 2. The first-order valence-electron chi connectivity index (χ1n) is 9.36. The summed E-state index contributed by atoms with van der Waals surface area (Å²) in [5, 5.41) is 17.0. The molecular formula is C22H17Cl2N3O6. The van der Waals surface area contributed by atoms with Gasteiger partial charge in [-0.15, -0.1) is 0 Å². The summed E-state index contributed by atoms with van der Waals surface area (Å²) in [6, 6.07) is 13.0. The molecule has 170 valence electrons. The van der Waals surface area contributed by atoms with Gasteiger partial charge < -0.3 is 20.1 Å². The van der Waals surface area contributed by atoms with E-state index in [1.807, 2.05) is 0 Å². The van der Waals surface area contributed by atoms with Gasteiger partial charge in [-0.3, -0.25) is 19.7 Å². The van der Waals surface area contributed by atoms with Crippen LogP contribution in [-0.2, 0) is 4.79 Å². The van der Waals surface area contributed by atoms with Crippen LogP contribution in [0.3, 0.4) is 0 Å². The van der Waals surface area contributed by atoms with Crippen molar-refractivity contribution >= 4 is 52.1 Å². The molecule has 3 aromatic rings. The van der Waals surface area contributed by atoms with Crippen molar-refractivity contribution in [3.05, 3.63) is 80.3 Å². The maximum atomic E-state index is 12.7. The smallest absolute Gasteiger partial charge is 0.313 e. The molecule has 0 aliphatic carbocycles. The molecule has 0 spiro atoms. The van der Waals surface area contributed by atoms with Crippen molar-refractivity contribution in [3.63, 3.8) is 0 Å². The van der Waals surface area contributed by atoms with Crippen LogP contribution in [0.2, 0.25) is 10.0 Å². The number of ether oxygens (including phenoxy) is 2. The molecule has 0 aromatic heterocycles. The molecule has 0 aliphatic rings. The Bertz CT molecular complexity index is 1250. The SMILES string of the molecule is COc1cc(C(=O)Nc2ccc(NC(C)=O)cc2Cl)ccc1Oc1ccc(Cl)cc1[N+](=O)[O-]. The molecule has 2 N–H and O–H groups in total. The highest BCUT2D eigenvalue weighted by molar-refractivity contribution is 6.34. The van der Waals surface area contributed by atoms with Gasteiger partial charge in [0.25, 0.3) is 5.91 Å². The van der Waals surface area contributed by atoms with Crippen LogP contribution in [0.5, 0.6) is 17.2 Å². The summed E-state index contributed by atoms with van der Waals surface area (Å²) in [7, 11) is 1.37. The molecule has 0 fully saturated rings.